The van der Waals surface area contributed by atoms with Gasteiger partial charge in [-0.1, -0.05) is 49.0 Å². The number of rotatable bonds is 5. The molecule has 0 aliphatic carbocycles. The quantitative estimate of drug-likeness (QED) is 0.468. The summed E-state index contributed by atoms with van der Waals surface area (Å²) in [5, 5.41) is 1.76. The second kappa shape index (κ2) is 8.59. The van der Waals surface area contributed by atoms with Crippen molar-refractivity contribution in [3.8, 4) is 10.4 Å². The number of piperazine rings is 1. The molecule has 0 spiro atoms. The van der Waals surface area contributed by atoms with E-state index >= 15 is 0 Å². The van der Waals surface area contributed by atoms with Crippen molar-refractivity contribution < 1.29 is 4.79 Å². The number of likely N-dealkylation sites (N-methyl/N-ethyl adjacent to an activating group) is 1. The number of thioether (sulfide) groups is 1. The van der Waals surface area contributed by atoms with Crippen LogP contribution in [0.1, 0.15) is 13.8 Å². The van der Waals surface area contributed by atoms with Gasteiger partial charge in [-0.05, 0) is 25.1 Å². The molecule has 1 aliphatic heterocycles. The molecule has 1 aromatic carbocycles. The number of aromatic nitrogens is 2. The smallest absolute Gasteiger partial charge is 0.235 e. The minimum Gasteiger partial charge on any atom is -0.339 e. The maximum absolute atomic E-state index is 12.9. The number of fused-ring (bicyclic) bond motifs is 1. The Balaban J connectivity index is 1.51. The van der Waals surface area contributed by atoms with Crippen LogP contribution in [0, 0.1) is 0 Å². The Hall–Kier alpha value is -1.96. The number of carbonyl (C=O) groups excluding carboxylic acids is 1. The summed E-state index contributed by atoms with van der Waals surface area (Å²) >= 11 is 3.21. The van der Waals surface area contributed by atoms with Gasteiger partial charge in [0.1, 0.15) is 16.2 Å². The molecule has 0 bridgehead atoms. The van der Waals surface area contributed by atoms with Crippen molar-refractivity contribution in [3.63, 3.8) is 0 Å². The second-order valence-corrected chi connectivity index (χ2v) is 9.25. The van der Waals surface area contributed by atoms with E-state index in [0.29, 0.717) is 0 Å². The molecule has 146 valence electrons. The molecular formula is C21H24N4OS2. The summed E-state index contributed by atoms with van der Waals surface area (Å²) in [5.74, 6) is 0.200. The summed E-state index contributed by atoms with van der Waals surface area (Å²) in [4.78, 5) is 28.3. The van der Waals surface area contributed by atoms with E-state index < -0.39 is 0 Å². The molecule has 2 aromatic heterocycles. The van der Waals surface area contributed by atoms with Crippen molar-refractivity contribution in [1.82, 2.24) is 19.8 Å². The van der Waals surface area contributed by atoms with Crippen molar-refractivity contribution in [2.45, 2.75) is 24.1 Å². The fraction of sp³-hybridized carbons (Fsp3) is 0.381. The largest absolute Gasteiger partial charge is 0.339 e. The van der Waals surface area contributed by atoms with Crippen LogP contribution in [0.3, 0.4) is 0 Å². The fourth-order valence-electron chi connectivity index (χ4n) is 3.43. The molecule has 1 atom stereocenters. The average Bonchev–Trinajstić information content (AvgIpc) is 3.19. The van der Waals surface area contributed by atoms with E-state index in [1.54, 1.807) is 29.4 Å². The van der Waals surface area contributed by atoms with Gasteiger partial charge in [-0.15, -0.1) is 11.3 Å². The SMILES string of the molecule is CCN1CCN(C(=O)C(C)Sc2ncnc3sc(-c4ccccc4)cc23)CC1. The summed E-state index contributed by atoms with van der Waals surface area (Å²) in [6.07, 6.45) is 1.60. The molecule has 3 heterocycles. The summed E-state index contributed by atoms with van der Waals surface area (Å²) in [7, 11) is 0. The molecule has 1 fully saturated rings. The van der Waals surface area contributed by atoms with Crippen LogP contribution >= 0.6 is 23.1 Å². The number of carbonyl (C=O) groups is 1. The third-order valence-corrected chi connectivity index (χ3v) is 7.31. The first-order valence-electron chi connectivity index (χ1n) is 9.63. The second-order valence-electron chi connectivity index (χ2n) is 6.89. The molecule has 28 heavy (non-hydrogen) atoms. The van der Waals surface area contributed by atoms with E-state index in [4.69, 9.17) is 0 Å². The molecule has 4 rings (SSSR count). The van der Waals surface area contributed by atoms with Crippen molar-refractivity contribution in [3.05, 3.63) is 42.7 Å². The van der Waals surface area contributed by atoms with E-state index in [1.165, 1.54) is 10.4 Å². The van der Waals surface area contributed by atoms with Crippen molar-refractivity contribution in [2.75, 3.05) is 32.7 Å². The molecule has 1 amide bonds. The van der Waals surface area contributed by atoms with Crippen LogP contribution in [0.5, 0.6) is 0 Å². The Morgan fingerprint density at radius 2 is 1.93 bits per heavy atom. The monoisotopic (exact) mass is 412 g/mol. The molecular weight excluding hydrogens is 388 g/mol. The van der Waals surface area contributed by atoms with Crippen molar-refractivity contribution >= 4 is 39.2 Å². The zero-order valence-corrected chi connectivity index (χ0v) is 17.8. The van der Waals surface area contributed by atoms with Crippen LogP contribution in [0.25, 0.3) is 20.7 Å². The van der Waals surface area contributed by atoms with E-state index in [-0.39, 0.29) is 11.2 Å². The molecule has 0 saturated carbocycles. The van der Waals surface area contributed by atoms with E-state index in [9.17, 15) is 4.79 Å². The van der Waals surface area contributed by atoms with Crippen LogP contribution in [-0.2, 0) is 4.79 Å². The lowest BCUT2D eigenvalue weighted by Gasteiger charge is -2.35. The van der Waals surface area contributed by atoms with Crippen LogP contribution < -0.4 is 0 Å². The third kappa shape index (κ3) is 4.06. The molecule has 0 radical (unpaired) electrons. The van der Waals surface area contributed by atoms with Gasteiger partial charge in [-0.2, -0.15) is 0 Å². The maximum Gasteiger partial charge on any atom is 0.235 e. The predicted molar refractivity (Wildman–Crippen MR) is 117 cm³/mol. The molecule has 7 heteroatoms. The first-order valence-corrected chi connectivity index (χ1v) is 11.3. The topological polar surface area (TPSA) is 49.3 Å². The highest BCUT2D eigenvalue weighted by molar-refractivity contribution is 8.00. The van der Waals surface area contributed by atoms with Gasteiger partial charge in [-0.25, -0.2) is 9.97 Å². The predicted octanol–water partition coefficient (Wildman–Crippen LogP) is 4.00. The minimum atomic E-state index is -0.161. The molecule has 1 aliphatic rings. The summed E-state index contributed by atoms with van der Waals surface area (Å²) in [5.41, 5.74) is 1.18. The van der Waals surface area contributed by atoms with Gasteiger partial charge in [0.25, 0.3) is 0 Å². The first-order chi connectivity index (χ1) is 13.7. The zero-order chi connectivity index (χ0) is 19.5. The Morgan fingerprint density at radius 1 is 1.18 bits per heavy atom. The fourth-order valence-corrected chi connectivity index (χ4v) is 5.48. The summed E-state index contributed by atoms with van der Waals surface area (Å²) < 4.78 is 0. The molecule has 1 saturated heterocycles. The van der Waals surface area contributed by atoms with Crippen LogP contribution in [0.2, 0.25) is 0 Å². The zero-order valence-electron chi connectivity index (χ0n) is 16.2. The van der Waals surface area contributed by atoms with Crippen molar-refractivity contribution in [2.24, 2.45) is 0 Å². The molecule has 1 unspecified atom stereocenters. The Morgan fingerprint density at radius 3 is 2.64 bits per heavy atom. The van der Waals surface area contributed by atoms with Gasteiger partial charge in [0.2, 0.25) is 5.91 Å². The van der Waals surface area contributed by atoms with Crippen LogP contribution in [-0.4, -0.2) is 63.6 Å². The lowest BCUT2D eigenvalue weighted by atomic mass is 10.2. The van der Waals surface area contributed by atoms with Gasteiger partial charge < -0.3 is 9.80 Å². The van der Waals surface area contributed by atoms with Gasteiger partial charge in [0.15, 0.2) is 0 Å². The first kappa shape index (κ1) is 19.4. The summed E-state index contributed by atoms with van der Waals surface area (Å²) in [6.45, 7) is 8.75. The van der Waals surface area contributed by atoms with Crippen LogP contribution in [0.4, 0.5) is 0 Å². The van der Waals surface area contributed by atoms with Crippen LogP contribution in [0.15, 0.2) is 47.8 Å². The normalized spacial score (nSPS) is 16.4. The van der Waals surface area contributed by atoms with Crippen molar-refractivity contribution in [1.29, 1.82) is 0 Å². The molecule has 3 aromatic rings. The average molecular weight is 413 g/mol. The lowest BCUT2D eigenvalue weighted by molar-refractivity contribution is -0.132. The van der Waals surface area contributed by atoms with Gasteiger partial charge in [0, 0.05) is 36.4 Å². The Kier molecular flexibility index (Phi) is 5.94. The Bertz CT molecular complexity index is 951. The van der Waals surface area contributed by atoms with E-state index in [1.807, 2.05) is 30.0 Å². The highest BCUT2D eigenvalue weighted by Gasteiger charge is 2.26. The number of hydrogen-bond donors (Lipinski definition) is 0. The standard InChI is InChI=1S/C21H24N4OS2/c1-3-24-9-11-25(12-10-24)21(26)15(2)27-19-17-13-18(16-7-5-4-6-8-16)28-20(17)23-14-22-19/h4-8,13-15H,3,9-12H2,1-2H3. The number of hydrogen-bond acceptors (Lipinski definition) is 6. The highest BCUT2D eigenvalue weighted by atomic mass is 32.2. The molecule has 0 N–H and O–H groups in total. The lowest BCUT2D eigenvalue weighted by Crippen LogP contribution is -2.50. The van der Waals surface area contributed by atoms with E-state index in [2.05, 4.69) is 40.0 Å². The Labute approximate surface area is 173 Å². The number of nitrogens with zero attached hydrogens (tertiary/aromatic N) is 4. The highest BCUT2D eigenvalue weighted by Crippen LogP contribution is 2.37. The molecule has 5 nitrogen and oxygen atoms in total. The third-order valence-electron chi connectivity index (χ3n) is 5.12. The van der Waals surface area contributed by atoms with Gasteiger partial charge in [-0.3, -0.25) is 4.79 Å². The van der Waals surface area contributed by atoms with E-state index in [0.717, 1.165) is 48.0 Å². The number of thiophene rings is 1. The number of amides is 1. The summed E-state index contributed by atoms with van der Waals surface area (Å²) in [6, 6.07) is 12.5. The maximum atomic E-state index is 12.9. The van der Waals surface area contributed by atoms with Gasteiger partial charge in [0.05, 0.1) is 5.25 Å². The van der Waals surface area contributed by atoms with Gasteiger partial charge >= 0.3 is 0 Å². The minimum absolute atomic E-state index is 0.161. The number of benzene rings is 1.